The molecule has 0 saturated carbocycles. The minimum Gasteiger partial charge on any atom is -0.480 e. The number of urea groups is 1. The number of carboxylic acids is 1. The zero-order valence-corrected chi connectivity index (χ0v) is 12.7. The number of benzene rings is 1. The van der Waals surface area contributed by atoms with Gasteiger partial charge in [0.25, 0.3) is 0 Å². The van der Waals surface area contributed by atoms with Crippen molar-refractivity contribution < 1.29 is 14.7 Å². The van der Waals surface area contributed by atoms with Crippen LogP contribution in [0.25, 0.3) is 0 Å². The third-order valence-corrected chi connectivity index (χ3v) is 3.99. The molecule has 114 valence electrons. The molecular formula is C16H22N2O3. The molecule has 0 aromatic heterocycles. The first-order chi connectivity index (χ1) is 9.95. The molecule has 1 aromatic carbocycles. The van der Waals surface area contributed by atoms with Crippen LogP contribution < -0.4 is 0 Å². The van der Waals surface area contributed by atoms with Gasteiger partial charge < -0.3 is 14.9 Å². The van der Waals surface area contributed by atoms with E-state index in [9.17, 15) is 14.7 Å². The van der Waals surface area contributed by atoms with Crippen LogP contribution in [0.15, 0.2) is 24.3 Å². The Bertz CT molecular complexity index is 542. The second-order valence-corrected chi connectivity index (χ2v) is 5.62. The third kappa shape index (κ3) is 3.01. The van der Waals surface area contributed by atoms with Crippen molar-refractivity contribution in [3.63, 3.8) is 0 Å². The van der Waals surface area contributed by atoms with Crippen LogP contribution in [-0.2, 0) is 17.8 Å². The summed E-state index contributed by atoms with van der Waals surface area (Å²) < 4.78 is 0. The topological polar surface area (TPSA) is 60.9 Å². The van der Waals surface area contributed by atoms with Crippen LogP contribution in [0.1, 0.15) is 31.9 Å². The van der Waals surface area contributed by atoms with E-state index in [0.29, 0.717) is 19.5 Å². The van der Waals surface area contributed by atoms with Crippen LogP contribution in [0.5, 0.6) is 0 Å². The summed E-state index contributed by atoms with van der Waals surface area (Å²) >= 11 is 0. The van der Waals surface area contributed by atoms with Gasteiger partial charge in [0, 0.05) is 25.6 Å². The molecular weight excluding hydrogens is 268 g/mol. The average molecular weight is 290 g/mol. The highest BCUT2D eigenvalue weighted by molar-refractivity contribution is 5.83. The highest BCUT2D eigenvalue weighted by atomic mass is 16.4. The van der Waals surface area contributed by atoms with Gasteiger partial charge in [-0.15, -0.1) is 0 Å². The quantitative estimate of drug-likeness (QED) is 0.929. The molecule has 0 spiro atoms. The van der Waals surface area contributed by atoms with Gasteiger partial charge >= 0.3 is 12.0 Å². The second-order valence-electron chi connectivity index (χ2n) is 5.62. The van der Waals surface area contributed by atoms with Crippen molar-refractivity contribution in [2.24, 2.45) is 0 Å². The molecule has 1 aromatic rings. The lowest BCUT2D eigenvalue weighted by atomic mass is 9.94. The van der Waals surface area contributed by atoms with Crippen LogP contribution in [-0.4, -0.2) is 45.5 Å². The monoisotopic (exact) mass is 290 g/mol. The number of hydrogen-bond acceptors (Lipinski definition) is 2. The number of carbonyl (C=O) groups is 2. The fraction of sp³-hybridized carbons (Fsp3) is 0.500. The molecule has 0 aliphatic carbocycles. The van der Waals surface area contributed by atoms with Crippen LogP contribution in [0, 0.1) is 0 Å². The van der Waals surface area contributed by atoms with Crippen molar-refractivity contribution in [3.05, 3.63) is 35.4 Å². The zero-order chi connectivity index (χ0) is 15.6. The number of hydrogen-bond donors (Lipinski definition) is 1. The van der Waals surface area contributed by atoms with Crippen molar-refractivity contribution in [1.29, 1.82) is 0 Å². The summed E-state index contributed by atoms with van der Waals surface area (Å²) in [4.78, 5) is 27.4. The van der Waals surface area contributed by atoms with Gasteiger partial charge in [-0.1, -0.05) is 24.3 Å². The minimum atomic E-state index is -0.947. The Hall–Kier alpha value is -2.04. The predicted octanol–water partition coefficient (Wildman–Crippen LogP) is 2.35. The first-order valence-corrected chi connectivity index (χ1v) is 7.32. The normalized spacial score (nSPS) is 17.5. The summed E-state index contributed by atoms with van der Waals surface area (Å²) in [7, 11) is 0. The average Bonchev–Trinajstić information content (AvgIpc) is 2.46. The van der Waals surface area contributed by atoms with E-state index in [2.05, 4.69) is 0 Å². The second kappa shape index (κ2) is 6.16. The Labute approximate surface area is 125 Å². The van der Waals surface area contributed by atoms with E-state index in [4.69, 9.17) is 0 Å². The van der Waals surface area contributed by atoms with Crippen molar-refractivity contribution in [2.75, 3.05) is 6.54 Å². The molecule has 1 heterocycles. The lowest BCUT2D eigenvalue weighted by Crippen LogP contribution is -2.54. The molecule has 1 N–H and O–H groups in total. The van der Waals surface area contributed by atoms with Gasteiger partial charge in [0.1, 0.15) is 6.04 Å². The van der Waals surface area contributed by atoms with Crippen molar-refractivity contribution >= 4 is 12.0 Å². The summed E-state index contributed by atoms with van der Waals surface area (Å²) in [6, 6.07) is 6.78. The number of carboxylic acid groups (broad SMARTS) is 1. The highest BCUT2D eigenvalue weighted by Gasteiger charge is 2.36. The first kappa shape index (κ1) is 15.4. The maximum atomic E-state index is 12.7. The SMILES string of the molecule is CCN(C(=O)N1Cc2ccccc2C[C@H]1C(=O)O)C(C)C. The maximum Gasteiger partial charge on any atom is 0.326 e. The molecule has 2 rings (SSSR count). The molecule has 0 saturated heterocycles. The van der Waals surface area contributed by atoms with E-state index in [1.54, 1.807) is 4.90 Å². The van der Waals surface area contributed by atoms with Crippen molar-refractivity contribution in [3.8, 4) is 0 Å². The van der Waals surface area contributed by atoms with Gasteiger partial charge in [-0.25, -0.2) is 9.59 Å². The molecule has 0 fully saturated rings. The molecule has 0 bridgehead atoms. The first-order valence-electron chi connectivity index (χ1n) is 7.32. The van der Waals surface area contributed by atoms with Crippen LogP contribution in [0.2, 0.25) is 0 Å². The van der Waals surface area contributed by atoms with E-state index >= 15 is 0 Å². The Balaban J connectivity index is 2.32. The molecule has 1 atom stereocenters. The summed E-state index contributed by atoms with van der Waals surface area (Å²) in [5.74, 6) is -0.947. The molecule has 0 unspecified atom stereocenters. The largest absolute Gasteiger partial charge is 0.480 e. The number of rotatable bonds is 3. The molecule has 21 heavy (non-hydrogen) atoms. The van der Waals surface area contributed by atoms with Gasteiger partial charge in [-0.3, -0.25) is 0 Å². The number of aliphatic carboxylic acids is 1. The van der Waals surface area contributed by atoms with Gasteiger partial charge in [-0.2, -0.15) is 0 Å². The van der Waals surface area contributed by atoms with Crippen molar-refractivity contribution in [1.82, 2.24) is 9.80 Å². The third-order valence-electron chi connectivity index (χ3n) is 3.99. The summed E-state index contributed by atoms with van der Waals surface area (Å²) in [5, 5.41) is 9.46. The van der Waals surface area contributed by atoms with Crippen LogP contribution >= 0.6 is 0 Å². The Kier molecular flexibility index (Phi) is 4.50. The van der Waals surface area contributed by atoms with E-state index in [1.807, 2.05) is 45.0 Å². The Morgan fingerprint density at radius 3 is 2.48 bits per heavy atom. The van der Waals surface area contributed by atoms with E-state index in [1.165, 1.54) is 4.90 Å². The van der Waals surface area contributed by atoms with Gasteiger partial charge in [0.2, 0.25) is 0 Å². The van der Waals surface area contributed by atoms with Crippen LogP contribution in [0.4, 0.5) is 4.79 Å². The molecule has 2 amide bonds. The smallest absolute Gasteiger partial charge is 0.326 e. The number of carbonyl (C=O) groups excluding carboxylic acids is 1. The van der Waals surface area contributed by atoms with E-state index in [-0.39, 0.29) is 12.1 Å². The highest BCUT2D eigenvalue weighted by Crippen LogP contribution is 2.25. The summed E-state index contributed by atoms with van der Waals surface area (Å²) in [6.07, 6.45) is 0.368. The zero-order valence-electron chi connectivity index (χ0n) is 12.7. The summed E-state index contributed by atoms with van der Waals surface area (Å²) in [5.41, 5.74) is 2.05. The maximum absolute atomic E-state index is 12.7. The van der Waals surface area contributed by atoms with Crippen LogP contribution in [0.3, 0.4) is 0 Å². The van der Waals surface area contributed by atoms with Crippen molar-refractivity contribution in [2.45, 2.75) is 45.8 Å². The minimum absolute atomic E-state index is 0.0501. The lowest BCUT2D eigenvalue weighted by molar-refractivity contribution is -0.143. The molecule has 5 heteroatoms. The standard InChI is InChI=1S/C16H22N2O3/c1-4-17(11(2)3)16(21)18-10-13-8-6-5-7-12(13)9-14(18)15(19)20/h5-8,11,14H,4,9-10H2,1-3H3,(H,19,20)/t14-/m0/s1. The van der Waals surface area contributed by atoms with Gasteiger partial charge in [-0.05, 0) is 31.9 Å². The van der Waals surface area contributed by atoms with E-state index < -0.39 is 12.0 Å². The number of nitrogens with zero attached hydrogens (tertiary/aromatic N) is 2. The fourth-order valence-electron chi connectivity index (χ4n) is 2.83. The van der Waals surface area contributed by atoms with Gasteiger partial charge in [0.15, 0.2) is 0 Å². The number of amides is 2. The molecule has 1 aliphatic heterocycles. The van der Waals surface area contributed by atoms with E-state index in [0.717, 1.165) is 11.1 Å². The Morgan fingerprint density at radius 1 is 1.33 bits per heavy atom. The predicted molar refractivity (Wildman–Crippen MR) is 80.0 cm³/mol. The lowest BCUT2D eigenvalue weighted by Gasteiger charge is -2.39. The summed E-state index contributed by atoms with van der Waals surface area (Å²) in [6.45, 7) is 6.71. The molecule has 5 nitrogen and oxygen atoms in total. The fourth-order valence-corrected chi connectivity index (χ4v) is 2.83. The molecule has 1 aliphatic rings. The van der Waals surface area contributed by atoms with Gasteiger partial charge in [0.05, 0.1) is 0 Å². The number of fused-ring (bicyclic) bond motifs is 1. The molecule has 0 radical (unpaired) electrons. The Morgan fingerprint density at radius 2 is 1.95 bits per heavy atom.